The summed E-state index contributed by atoms with van der Waals surface area (Å²) in [5.74, 6) is 0.389. The number of hydrogen-bond acceptors (Lipinski definition) is 3. The molecule has 0 atom stereocenters. The maximum absolute atomic E-state index is 13.0. The molecule has 1 heterocycles. The van der Waals surface area contributed by atoms with Crippen molar-refractivity contribution in [1.82, 2.24) is 4.98 Å². The first-order valence-corrected chi connectivity index (χ1v) is 6.83. The van der Waals surface area contributed by atoms with Gasteiger partial charge in [-0.15, -0.1) is 0 Å². The Morgan fingerprint density at radius 2 is 2.10 bits per heavy atom. The summed E-state index contributed by atoms with van der Waals surface area (Å²) in [5, 5.41) is 0.210. The molecule has 2 aromatic rings. The predicted molar refractivity (Wildman–Crippen MR) is 77.6 cm³/mol. The zero-order valence-corrected chi connectivity index (χ0v) is 12.0. The van der Waals surface area contributed by atoms with Crippen molar-refractivity contribution in [2.24, 2.45) is 5.73 Å². The molecule has 106 valence electrons. The molecule has 0 aliphatic heterocycles. The fourth-order valence-corrected chi connectivity index (χ4v) is 2.05. The quantitative estimate of drug-likeness (QED) is 0.904. The van der Waals surface area contributed by atoms with Gasteiger partial charge in [0.25, 0.3) is 0 Å². The van der Waals surface area contributed by atoms with E-state index in [1.165, 1.54) is 18.2 Å². The first-order chi connectivity index (χ1) is 9.62. The third-order valence-corrected chi connectivity index (χ3v) is 3.06. The molecular weight excluding hydrogens is 279 g/mol. The van der Waals surface area contributed by atoms with Crippen LogP contribution < -0.4 is 10.5 Å². The summed E-state index contributed by atoms with van der Waals surface area (Å²) in [6.07, 6.45) is 1.83. The van der Waals surface area contributed by atoms with E-state index in [2.05, 4.69) is 11.9 Å². The lowest BCUT2D eigenvalue weighted by Gasteiger charge is -2.10. The summed E-state index contributed by atoms with van der Waals surface area (Å²) in [6, 6.07) is 7.70. The van der Waals surface area contributed by atoms with Gasteiger partial charge in [-0.25, -0.2) is 9.37 Å². The molecular formula is C15H16ClFN2O. The third-order valence-electron chi connectivity index (χ3n) is 2.76. The van der Waals surface area contributed by atoms with E-state index >= 15 is 0 Å². The molecule has 0 saturated heterocycles. The first kappa shape index (κ1) is 14.8. The molecule has 0 radical (unpaired) electrons. The fourth-order valence-electron chi connectivity index (χ4n) is 1.85. The standard InChI is InChI=1S/C15H16ClFN2O/c1-2-3-12-6-10(9-18)7-15(19-12)20-14-5-4-11(17)8-13(14)16/h4-8H,2-3,9,18H2,1H3. The minimum Gasteiger partial charge on any atom is -0.437 e. The van der Waals surface area contributed by atoms with E-state index in [0.717, 1.165) is 24.1 Å². The van der Waals surface area contributed by atoms with Crippen molar-refractivity contribution >= 4 is 11.6 Å². The Bertz CT molecular complexity index is 604. The molecule has 2 N–H and O–H groups in total. The van der Waals surface area contributed by atoms with Crippen LogP contribution in [0.15, 0.2) is 30.3 Å². The van der Waals surface area contributed by atoms with Crippen LogP contribution in [0.1, 0.15) is 24.6 Å². The average Bonchev–Trinajstić information content (AvgIpc) is 2.42. The van der Waals surface area contributed by atoms with E-state index in [4.69, 9.17) is 22.1 Å². The molecule has 0 unspecified atom stereocenters. The number of benzene rings is 1. The second-order valence-electron chi connectivity index (χ2n) is 4.44. The van der Waals surface area contributed by atoms with Gasteiger partial charge in [-0.3, -0.25) is 0 Å². The van der Waals surface area contributed by atoms with Crippen LogP contribution in [0.2, 0.25) is 5.02 Å². The smallest absolute Gasteiger partial charge is 0.219 e. The lowest BCUT2D eigenvalue weighted by Crippen LogP contribution is -2.01. The summed E-state index contributed by atoms with van der Waals surface area (Å²) >= 11 is 5.94. The average molecular weight is 295 g/mol. The Kier molecular flexibility index (Phi) is 4.93. The SMILES string of the molecule is CCCc1cc(CN)cc(Oc2ccc(F)cc2Cl)n1. The van der Waals surface area contributed by atoms with Crippen molar-refractivity contribution in [3.05, 3.63) is 52.4 Å². The number of halogens is 2. The highest BCUT2D eigenvalue weighted by atomic mass is 35.5. The summed E-state index contributed by atoms with van der Waals surface area (Å²) in [4.78, 5) is 4.40. The Hall–Kier alpha value is -1.65. The van der Waals surface area contributed by atoms with Crippen LogP contribution in [-0.4, -0.2) is 4.98 Å². The highest BCUT2D eigenvalue weighted by molar-refractivity contribution is 6.32. The number of aryl methyl sites for hydroxylation is 1. The van der Waals surface area contributed by atoms with Gasteiger partial charge in [0.15, 0.2) is 0 Å². The first-order valence-electron chi connectivity index (χ1n) is 6.45. The highest BCUT2D eigenvalue weighted by Gasteiger charge is 2.08. The van der Waals surface area contributed by atoms with Gasteiger partial charge in [0, 0.05) is 18.3 Å². The summed E-state index contributed by atoms with van der Waals surface area (Å²) in [6.45, 7) is 2.49. The molecule has 3 nitrogen and oxygen atoms in total. The van der Waals surface area contributed by atoms with E-state index in [-0.39, 0.29) is 5.02 Å². The van der Waals surface area contributed by atoms with Crippen molar-refractivity contribution in [3.63, 3.8) is 0 Å². The monoisotopic (exact) mass is 294 g/mol. The van der Waals surface area contributed by atoms with E-state index < -0.39 is 5.82 Å². The zero-order valence-electron chi connectivity index (χ0n) is 11.2. The predicted octanol–water partition coefficient (Wildman–Crippen LogP) is 4.08. The van der Waals surface area contributed by atoms with Crippen molar-refractivity contribution in [3.8, 4) is 11.6 Å². The number of rotatable bonds is 5. The fraction of sp³-hybridized carbons (Fsp3) is 0.267. The van der Waals surface area contributed by atoms with Gasteiger partial charge in [0.05, 0.1) is 5.02 Å². The molecule has 0 fully saturated rings. The molecule has 1 aromatic heterocycles. The number of nitrogens with zero attached hydrogens (tertiary/aromatic N) is 1. The van der Waals surface area contributed by atoms with Gasteiger partial charge < -0.3 is 10.5 Å². The highest BCUT2D eigenvalue weighted by Crippen LogP contribution is 2.29. The summed E-state index contributed by atoms with van der Waals surface area (Å²) in [5.41, 5.74) is 7.53. The Balaban J connectivity index is 2.29. The topological polar surface area (TPSA) is 48.1 Å². The lowest BCUT2D eigenvalue weighted by atomic mass is 10.1. The van der Waals surface area contributed by atoms with Gasteiger partial charge in [0.1, 0.15) is 11.6 Å². The Morgan fingerprint density at radius 1 is 1.30 bits per heavy atom. The number of pyridine rings is 1. The zero-order chi connectivity index (χ0) is 14.5. The van der Waals surface area contributed by atoms with Gasteiger partial charge >= 0.3 is 0 Å². The van der Waals surface area contributed by atoms with E-state index in [0.29, 0.717) is 18.2 Å². The Morgan fingerprint density at radius 3 is 2.75 bits per heavy atom. The summed E-state index contributed by atoms with van der Waals surface area (Å²) in [7, 11) is 0. The molecule has 0 aliphatic carbocycles. The Labute approximate surface area is 122 Å². The van der Waals surface area contributed by atoms with Crippen molar-refractivity contribution < 1.29 is 9.13 Å². The second kappa shape index (κ2) is 6.68. The van der Waals surface area contributed by atoms with Crippen LogP contribution in [0.4, 0.5) is 4.39 Å². The lowest BCUT2D eigenvalue weighted by molar-refractivity contribution is 0.458. The number of ether oxygens (including phenoxy) is 1. The molecule has 5 heteroatoms. The third kappa shape index (κ3) is 3.68. The van der Waals surface area contributed by atoms with Crippen LogP contribution >= 0.6 is 11.6 Å². The molecule has 2 rings (SSSR count). The molecule has 20 heavy (non-hydrogen) atoms. The van der Waals surface area contributed by atoms with Crippen LogP contribution in [-0.2, 0) is 13.0 Å². The van der Waals surface area contributed by atoms with Gasteiger partial charge in [-0.05, 0) is 36.2 Å². The summed E-state index contributed by atoms with van der Waals surface area (Å²) < 4.78 is 18.6. The molecule has 1 aromatic carbocycles. The van der Waals surface area contributed by atoms with Crippen LogP contribution in [0.3, 0.4) is 0 Å². The maximum Gasteiger partial charge on any atom is 0.219 e. The largest absolute Gasteiger partial charge is 0.437 e. The molecule has 0 saturated carbocycles. The van der Waals surface area contributed by atoms with Crippen LogP contribution in [0.5, 0.6) is 11.6 Å². The molecule has 0 spiro atoms. The van der Waals surface area contributed by atoms with E-state index in [1.807, 2.05) is 6.07 Å². The molecule has 0 aliphatic rings. The van der Waals surface area contributed by atoms with E-state index in [1.54, 1.807) is 6.07 Å². The van der Waals surface area contributed by atoms with Crippen molar-refractivity contribution in [2.75, 3.05) is 0 Å². The van der Waals surface area contributed by atoms with Gasteiger partial charge in [0.2, 0.25) is 5.88 Å². The van der Waals surface area contributed by atoms with Crippen LogP contribution in [0, 0.1) is 5.82 Å². The number of nitrogens with two attached hydrogens (primary N) is 1. The second-order valence-corrected chi connectivity index (χ2v) is 4.84. The number of aromatic nitrogens is 1. The van der Waals surface area contributed by atoms with Crippen LogP contribution in [0.25, 0.3) is 0 Å². The maximum atomic E-state index is 13.0. The molecule has 0 amide bonds. The minimum absolute atomic E-state index is 0.210. The van der Waals surface area contributed by atoms with Crippen molar-refractivity contribution in [1.29, 1.82) is 0 Å². The minimum atomic E-state index is -0.405. The number of hydrogen-bond donors (Lipinski definition) is 1. The van der Waals surface area contributed by atoms with Gasteiger partial charge in [-0.1, -0.05) is 24.9 Å². The van der Waals surface area contributed by atoms with Crippen molar-refractivity contribution in [2.45, 2.75) is 26.3 Å². The molecule has 0 bridgehead atoms. The van der Waals surface area contributed by atoms with E-state index in [9.17, 15) is 4.39 Å². The normalized spacial score (nSPS) is 10.6. The van der Waals surface area contributed by atoms with Gasteiger partial charge in [-0.2, -0.15) is 0 Å².